The molecule has 1 heterocycles. The molecule has 1 saturated carbocycles. The van der Waals surface area contributed by atoms with Crippen molar-refractivity contribution < 1.29 is 14.7 Å². The number of nitrogens with one attached hydrogen (secondary N) is 2. The first-order valence-electron chi connectivity index (χ1n) is 9.01. The number of aliphatic carboxylic acids is 1. The maximum absolute atomic E-state index is 12.4. The van der Waals surface area contributed by atoms with E-state index in [0.29, 0.717) is 12.5 Å². The fraction of sp³-hybridized carbons (Fsp3) is 0.579. The number of carbonyl (C=O) groups excluding carboxylic acids is 1. The van der Waals surface area contributed by atoms with Crippen molar-refractivity contribution in [2.45, 2.75) is 57.5 Å². The molecule has 2 amide bonds. The van der Waals surface area contributed by atoms with Crippen LogP contribution in [-0.4, -0.2) is 35.2 Å². The zero-order chi connectivity index (χ0) is 18.0. The third-order valence-corrected chi connectivity index (χ3v) is 5.29. The monoisotopic (exact) mass is 345 g/mol. The van der Waals surface area contributed by atoms with E-state index < -0.39 is 11.5 Å². The molecule has 3 N–H and O–H groups in total. The Morgan fingerprint density at radius 3 is 2.68 bits per heavy atom. The van der Waals surface area contributed by atoms with Crippen LogP contribution in [0.4, 0.5) is 16.2 Å². The number of hydrogen-bond donors (Lipinski definition) is 3. The molecule has 2 aliphatic rings. The van der Waals surface area contributed by atoms with Crippen molar-refractivity contribution in [2.24, 2.45) is 5.92 Å². The number of piperidine rings is 1. The Morgan fingerprint density at radius 1 is 1.28 bits per heavy atom. The van der Waals surface area contributed by atoms with Crippen molar-refractivity contribution in [2.75, 3.05) is 16.8 Å². The Morgan fingerprint density at radius 2 is 2.04 bits per heavy atom. The van der Waals surface area contributed by atoms with Crippen molar-refractivity contribution >= 4 is 23.4 Å². The number of fused-ring (bicyclic) bond motifs is 2. The molecule has 2 atom stereocenters. The van der Waals surface area contributed by atoms with E-state index in [9.17, 15) is 9.59 Å². The van der Waals surface area contributed by atoms with Crippen molar-refractivity contribution in [3.63, 3.8) is 0 Å². The molecule has 1 saturated heterocycles. The molecule has 25 heavy (non-hydrogen) atoms. The second kappa shape index (κ2) is 6.94. The lowest BCUT2D eigenvalue weighted by atomic mass is 9.99. The van der Waals surface area contributed by atoms with Gasteiger partial charge in [-0.2, -0.15) is 0 Å². The van der Waals surface area contributed by atoms with Crippen LogP contribution in [0.5, 0.6) is 0 Å². The van der Waals surface area contributed by atoms with E-state index in [1.165, 1.54) is 19.3 Å². The van der Waals surface area contributed by atoms with Gasteiger partial charge in [0.15, 0.2) is 0 Å². The summed E-state index contributed by atoms with van der Waals surface area (Å²) < 4.78 is 0. The molecule has 1 aliphatic heterocycles. The first-order chi connectivity index (χ1) is 11.8. The van der Waals surface area contributed by atoms with Crippen LogP contribution >= 0.6 is 0 Å². The summed E-state index contributed by atoms with van der Waals surface area (Å²) in [6, 6.07) is 8.19. The first-order valence-corrected chi connectivity index (χ1v) is 9.01. The van der Waals surface area contributed by atoms with Crippen molar-refractivity contribution in [1.82, 2.24) is 5.32 Å². The number of amides is 2. The maximum Gasteiger partial charge on any atom is 0.319 e. The van der Waals surface area contributed by atoms with Crippen LogP contribution < -0.4 is 15.5 Å². The number of carboxylic acid groups (broad SMARTS) is 1. The molecule has 6 heteroatoms. The van der Waals surface area contributed by atoms with Crippen molar-refractivity contribution in [3.05, 3.63) is 24.3 Å². The summed E-state index contributed by atoms with van der Waals surface area (Å²) in [5.74, 6) is -0.0773. The maximum atomic E-state index is 12.4. The lowest BCUT2D eigenvalue weighted by Gasteiger charge is -2.31. The third kappa shape index (κ3) is 4.24. The summed E-state index contributed by atoms with van der Waals surface area (Å²) in [5.41, 5.74) is 1.30. The van der Waals surface area contributed by atoms with E-state index in [1.807, 2.05) is 32.0 Å². The summed E-state index contributed by atoms with van der Waals surface area (Å²) in [7, 11) is 0. The molecule has 0 aromatic heterocycles. The highest BCUT2D eigenvalue weighted by molar-refractivity contribution is 5.93. The molecule has 0 spiro atoms. The highest BCUT2D eigenvalue weighted by Crippen LogP contribution is 2.42. The molecule has 0 radical (unpaired) electrons. The van der Waals surface area contributed by atoms with E-state index in [2.05, 4.69) is 21.6 Å². The van der Waals surface area contributed by atoms with Gasteiger partial charge in [0.1, 0.15) is 0 Å². The van der Waals surface area contributed by atoms with Crippen LogP contribution in [0.3, 0.4) is 0 Å². The lowest BCUT2D eigenvalue weighted by molar-refractivity contribution is -0.137. The smallest absolute Gasteiger partial charge is 0.319 e. The van der Waals surface area contributed by atoms with E-state index >= 15 is 0 Å². The minimum Gasteiger partial charge on any atom is -0.481 e. The summed E-state index contributed by atoms with van der Waals surface area (Å²) in [5, 5.41) is 14.7. The Kier molecular flexibility index (Phi) is 4.88. The number of nitrogens with zero attached hydrogens (tertiary/aromatic N) is 1. The lowest BCUT2D eigenvalue weighted by Crippen LogP contribution is -2.46. The zero-order valence-electron chi connectivity index (χ0n) is 14.9. The summed E-state index contributed by atoms with van der Waals surface area (Å²) in [6.45, 7) is 4.73. The van der Waals surface area contributed by atoms with Gasteiger partial charge in [0, 0.05) is 24.5 Å². The standard InChI is InChI=1S/C19H27N3O3/c1-19(2,10-9-17(23)24)21-18(25)20-15-5-3-4-6-16(15)22-12-13-7-8-14(22)11-13/h3-6,13-14H,7-12H2,1-2H3,(H,23,24)(H2,20,21,25). The average Bonchev–Trinajstić information content (AvgIpc) is 3.16. The molecule has 2 bridgehead atoms. The Bertz CT molecular complexity index is 659. The third-order valence-electron chi connectivity index (χ3n) is 5.29. The van der Waals surface area contributed by atoms with E-state index in [-0.39, 0.29) is 12.5 Å². The molecule has 1 aromatic rings. The Balaban J connectivity index is 1.65. The Labute approximate surface area is 148 Å². The molecule has 2 unspecified atom stereocenters. The number of para-hydroxylation sites is 2. The molecule has 1 aliphatic carbocycles. The van der Waals surface area contributed by atoms with E-state index in [0.717, 1.165) is 23.8 Å². The number of rotatable bonds is 6. The summed E-state index contributed by atoms with van der Waals surface area (Å²) in [4.78, 5) is 25.6. The molecule has 3 rings (SSSR count). The highest BCUT2D eigenvalue weighted by Gasteiger charge is 2.38. The molecule has 2 fully saturated rings. The Hall–Kier alpha value is -2.24. The second-order valence-corrected chi connectivity index (χ2v) is 7.86. The van der Waals surface area contributed by atoms with Gasteiger partial charge in [0.2, 0.25) is 0 Å². The van der Waals surface area contributed by atoms with Crippen molar-refractivity contribution in [3.8, 4) is 0 Å². The number of urea groups is 1. The fourth-order valence-corrected chi connectivity index (χ4v) is 3.99. The number of hydrogen-bond acceptors (Lipinski definition) is 3. The van der Waals surface area contributed by atoms with Crippen LogP contribution in [-0.2, 0) is 4.79 Å². The largest absolute Gasteiger partial charge is 0.481 e. The fourth-order valence-electron chi connectivity index (χ4n) is 3.99. The second-order valence-electron chi connectivity index (χ2n) is 7.86. The first kappa shape index (κ1) is 17.6. The van der Waals surface area contributed by atoms with Gasteiger partial charge in [-0.25, -0.2) is 4.79 Å². The topological polar surface area (TPSA) is 81.7 Å². The summed E-state index contributed by atoms with van der Waals surface area (Å²) in [6.07, 6.45) is 4.21. The van der Waals surface area contributed by atoms with Gasteiger partial charge in [0.25, 0.3) is 0 Å². The molecular weight excluding hydrogens is 318 g/mol. The molecule has 6 nitrogen and oxygen atoms in total. The number of carbonyl (C=O) groups is 2. The number of anilines is 2. The quantitative estimate of drug-likeness (QED) is 0.738. The van der Waals surface area contributed by atoms with Gasteiger partial charge in [-0.05, 0) is 57.6 Å². The molecular formula is C19H27N3O3. The van der Waals surface area contributed by atoms with Crippen LogP contribution in [0.25, 0.3) is 0 Å². The van der Waals surface area contributed by atoms with Crippen LogP contribution in [0.1, 0.15) is 46.0 Å². The average molecular weight is 345 g/mol. The van der Waals surface area contributed by atoms with Gasteiger partial charge < -0.3 is 20.6 Å². The van der Waals surface area contributed by atoms with Crippen molar-refractivity contribution in [1.29, 1.82) is 0 Å². The van der Waals surface area contributed by atoms with Gasteiger partial charge in [-0.15, -0.1) is 0 Å². The normalized spacial score (nSPS) is 22.1. The minimum absolute atomic E-state index is 0.0285. The SMILES string of the molecule is CC(C)(CCC(=O)O)NC(=O)Nc1ccccc1N1CC2CCC1C2. The number of benzene rings is 1. The highest BCUT2D eigenvalue weighted by atomic mass is 16.4. The molecule has 1 aromatic carbocycles. The molecule has 136 valence electrons. The van der Waals surface area contributed by atoms with Crippen LogP contribution in [0, 0.1) is 5.92 Å². The van der Waals surface area contributed by atoms with Gasteiger partial charge in [0.05, 0.1) is 11.4 Å². The zero-order valence-corrected chi connectivity index (χ0v) is 14.9. The van der Waals surface area contributed by atoms with Gasteiger partial charge in [-0.3, -0.25) is 4.79 Å². The van der Waals surface area contributed by atoms with Gasteiger partial charge >= 0.3 is 12.0 Å². The van der Waals surface area contributed by atoms with E-state index in [4.69, 9.17) is 5.11 Å². The minimum atomic E-state index is -0.857. The number of carboxylic acids is 1. The van der Waals surface area contributed by atoms with Gasteiger partial charge in [-0.1, -0.05) is 12.1 Å². The predicted molar refractivity (Wildman–Crippen MR) is 98.0 cm³/mol. The predicted octanol–water partition coefficient (Wildman–Crippen LogP) is 3.44. The summed E-state index contributed by atoms with van der Waals surface area (Å²) >= 11 is 0. The van der Waals surface area contributed by atoms with Crippen LogP contribution in [0.2, 0.25) is 0 Å². The van der Waals surface area contributed by atoms with Crippen LogP contribution in [0.15, 0.2) is 24.3 Å². The van der Waals surface area contributed by atoms with E-state index in [1.54, 1.807) is 0 Å².